The van der Waals surface area contributed by atoms with E-state index in [0.29, 0.717) is 31.3 Å². The summed E-state index contributed by atoms with van der Waals surface area (Å²) < 4.78 is 7.47. The van der Waals surface area contributed by atoms with Gasteiger partial charge in [-0.25, -0.2) is 0 Å². The predicted octanol–water partition coefficient (Wildman–Crippen LogP) is 1.62. The van der Waals surface area contributed by atoms with Gasteiger partial charge in [-0.3, -0.25) is 9.48 Å². The van der Waals surface area contributed by atoms with Crippen molar-refractivity contribution in [2.45, 2.75) is 31.8 Å². The first-order valence-corrected chi connectivity index (χ1v) is 6.98. The maximum Gasteiger partial charge on any atom is 0.183 e. The molecule has 0 amide bonds. The number of hydrogen-bond donors (Lipinski definition) is 1. The molecule has 0 saturated heterocycles. The summed E-state index contributed by atoms with van der Waals surface area (Å²) in [5.74, 6) is 0.114. The molecular formula is C12H18BrN3O2. The van der Waals surface area contributed by atoms with E-state index in [1.165, 1.54) is 12.8 Å². The van der Waals surface area contributed by atoms with Crippen LogP contribution in [0.3, 0.4) is 0 Å². The van der Waals surface area contributed by atoms with Crippen LogP contribution in [0.2, 0.25) is 0 Å². The van der Waals surface area contributed by atoms with Gasteiger partial charge in [0.25, 0.3) is 0 Å². The van der Waals surface area contributed by atoms with Crippen molar-refractivity contribution in [2.75, 3.05) is 20.3 Å². The molecule has 5 nitrogen and oxygen atoms in total. The first-order valence-electron chi connectivity index (χ1n) is 6.19. The number of Topliss-reactive ketones (excluding diaryl/α,β-unsaturated/α-hetero) is 1. The van der Waals surface area contributed by atoms with E-state index in [9.17, 15) is 4.79 Å². The van der Waals surface area contributed by atoms with Crippen LogP contribution in [0.25, 0.3) is 0 Å². The number of rotatable bonds is 8. The number of hydrogen-bond acceptors (Lipinski definition) is 4. The van der Waals surface area contributed by atoms with Crippen LogP contribution < -0.4 is 5.32 Å². The van der Waals surface area contributed by atoms with Gasteiger partial charge in [-0.05, 0) is 28.8 Å². The second kappa shape index (κ2) is 6.45. The van der Waals surface area contributed by atoms with E-state index in [-0.39, 0.29) is 5.78 Å². The lowest BCUT2D eigenvalue weighted by molar-refractivity contribution is 0.0967. The number of ether oxygens (including phenoxy) is 1. The molecule has 1 aliphatic rings. The lowest BCUT2D eigenvalue weighted by atomic mass is 10.2. The first kappa shape index (κ1) is 13.7. The fourth-order valence-corrected chi connectivity index (χ4v) is 2.30. The average Bonchev–Trinajstić information content (AvgIpc) is 3.09. The zero-order chi connectivity index (χ0) is 13.0. The van der Waals surface area contributed by atoms with Gasteiger partial charge in [0.15, 0.2) is 5.78 Å². The van der Waals surface area contributed by atoms with Crippen LogP contribution in [0.1, 0.15) is 29.8 Å². The Kier molecular flexibility index (Phi) is 4.91. The summed E-state index contributed by atoms with van der Waals surface area (Å²) in [6, 6.07) is 0.639. The van der Waals surface area contributed by atoms with Crippen molar-refractivity contribution < 1.29 is 9.53 Å². The second-order valence-electron chi connectivity index (χ2n) is 4.46. The number of carbonyl (C=O) groups is 1. The van der Waals surface area contributed by atoms with Gasteiger partial charge in [-0.15, -0.1) is 0 Å². The zero-order valence-corrected chi connectivity index (χ0v) is 12.1. The minimum Gasteiger partial charge on any atom is -0.383 e. The smallest absolute Gasteiger partial charge is 0.183 e. The summed E-state index contributed by atoms with van der Waals surface area (Å²) in [5, 5.41) is 7.52. The minimum atomic E-state index is 0.114. The number of ketones is 1. The number of nitrogens with one attached hydrogen (secondary N) is 1. The molecule has 1 saturated carbocycles. The molecular weight excluding hydrogens is 298 g/mol. The molecule has 1 aromatic heterocycles. The maximum atomic E-state index is 12.1. The van der Waals surface area contributed by atoms with Gasteiger partial charge in [-0.1, -0.05) is 0 Å². The predicted molar refractivity (Wildman–Crippen MR) is 71.8 cm³/mol. The van der Waals surface area contributed by atoms with Gasteiger partial charge in [0, 0.05) is 26.1 Å². The van der Waals surface area contributed by atoms with Crippen molar-refractivity contribution in [2.24, 2.45) is 0 Å². The van der Waals surface area contributed by atoms with Crippen LogP contribution in [-0.2, 0) is 11.3 Å². The van der Waals surface area contributed by atoms with E-state index in [4.69, 9.17) is 4.74 Å². The Bertz CT molecular complexity index is 415. The van der Waals surface area contributed by atoms with E-state index in [1.807, 2.05) is 0 Å². The lowest BCUT2D eigenvalue weighted by Crippen LogP contribution is -2.22. The van der Waals surface area contributed by atoms with Crippen molar-refractivity contribution >= 4 is 21.7 Å². The summed E-state index contributed by atoms with van der Waals surface area (Å²) in [7, 11) is 1.64. The van der Waals surface area contributed by atoms with E-state index >= 15 is 0 Å². The highest BCUT2D eigenvalue weighted by Crippen LogP contribution is 2.20. The highest BCUT2D eigenvalue weighted by atomic mass is 79.9. The molecule has 1 aliphatic carbocycles. The average molecular weight is 316 g/mol. The van der Waals surface area contributed by atoms with Crippen molar-refractivity contribution in [3.05, 3.63) is 16.4 Å². The molecule has 1 N–H and O–H groups in total. The summed E-state index contributed by atoms with van der Waals surface area (Å²) >= 11 is 3.38. The van der Waals surface area contributed by atoms with E-state index in [2.05, 4.69) is 26.3 Å². The maximum absolute atomic E-state index is 12.1. The summed E-state index contributed by atoms with van der Waals surface area (Å²) in [6.45, 7) is 1.89. The second-order valence-corrected chi connectivity index (χ2v) is 5.31. The van der Waals surface area contributed by atoms with Crippen molar-refractivity contribution in [1.29, 1.82) is 0 Å². The van der Waals surface area contributed by atoms with Gasteiger partial charge in [0.1, 0.15) is 5.69 Å². The van der Waals surface area contributed by atoms with Crippen LogP contribution in [0.4, 0.5) is 0 Å². The van der Waals surface area contributed by atoms with E-state index in [0.717, 1.165) is 11.0 Å². The van der Waals surface area contributed by atoms with Gasteiger partial charge < -0.3 is 10.1 Å². The molecule has 1 aromatic rings. The van der Waals surface area contributed by atoms with Gasteiger partial charge in [-0.2, -0.15) is 5.10 Å². The molecule has 100 valence electrons. The molecule has 0 aromatic carbocycles. The number of halogens is 1. The highest BCUT2D eigenvalue weighted by Gasteiger charge is 2.21. The SMILES string of the molecule is COCCn1ncc(Br)c1C(=O)CCNC1CC1. The number of carbonyl (C=O) groups excluding carboxylic acids is 1. The third kappa shape index (κ3) is 3.63. The molecule has 18 heavy (non-hydrogen) atoms. The van der Waals surface area contributed by atoms with Gasteiger partial charge in [0.2, 0.25) is 0 Å². The summed E-state index contributed by atoms with van der Waals surface area (Å²) in [4.78, 5) is 12.1. The number of nitrogens with zero attached hydrogens (tertiary/aromatic N) is 2. The fraction of sp³-hybridized carbons (Fsp3) is 0.667. The molecule has 0 spiro atoms. The standard InChI is InChI=1S/C12H18BrN3O2/c1-18-7-6-16-12(10(13)8-15-16)11(17)4-5-14-9-2-3-9/h8-9,14H,2-7H2,1H3. The Labute approximate surface area is 115 Å². The van der Waals surface area contributed by atoms with Gasteiger partial charge >= 0.3 is 0 Å². The molecule has 1 fully saturated rings. The number of methoxy groups -OCH3 is 1. The topological polar surface area (TPSA) is 56.2 Å². The fourth-order valence-electron chi connectivity index (χ4n) is 1.78. The largest absolute Gasteiger partial charge is 0.383 e. The third-order valence-corrected chi connectivity index (χ3v) is 3.51. The van der Waals surface area contributed by atoms with Crippen LogP contribution in [0, 0.1) is 0 Å². The first-order chi connectivity index (χ1) is 8.72. The third-order valence-electron chi connectivity index (χ3n) is 2.93. The molecule has 0 aliphatic heterocycles. The Balaban J connectivity index is 1.91. The van der Waals surface area contributed by atoms with E-state index < -0.39 is 0 Å². The Morgan fingerprint density at radius 2 is 2.44 bits per heavy atom. The van der Waals surface area contributed by atoms with Gasteiger partial charge in [0.05, 0.1) is 23.8 Å². The highest BCUT2D eigenvalue weighted by molar-refractivity contribution is 9.10. The quantitative estimate of drug-likeness (QED) is 0.741. The van der Waals surface area contributed by atoms with Crippen molar-refractivity contribution in [3.63, 3.8) is 0 Å². The molecule has 1 heterocycles. The van der Waals surface area contributed by atoms with E-state index in [1.54, 1.807) is 18.0 Å². The zero-order valence-electron chi connectivity index (χ0n) is 10.5. The number of aromatic nitrogens is 2. The molecule has 2 rings (SSSR count). The molecule has 0 atom stereocenters. The minimum absolute atomic E-state index is 0.114. The van der Waals surface area contributed by atoms with Crippen LogP contribution in [-0.4, -0.2) is 41.9 Å². The van der Waals surface area contributed by atoms with Crippen molar-refractivity contribution in [3.8, 4) is 0 Å². The molecule has 0 unspecified atom stereocenters. The molecule has 6 heteroatoms. The monoisotopic (exact) mass is 315 g/mol. The van der Waals surface area contributed by atoms with Crippen molar-refractivity contribution in [1.82, 2.24) is 15.1 Å². The molecule has 0 bridgehead atoms. The Morgan fingerprint density at radius 3 is 3.11 bits per heavy atom. The lowest BCUT2D eigenvalue weighted by Gasteiger charge is -2.07. The Morgan fingerprint density at radius 1 is 1.67 bits per heavy atom. The summed E-state index contributed by atoms with van der Waals surface area (Å²) in [5.41, 5.74) is 0.643. The molecule has 0 radical (unpaired) electrons. The Hall–Kier alpha value is -0.720. The summed E-state index contributed by atoms with van der Waals surface area (Å²) in [6.07, 6.45) is 4.65. The van der Waals surface area contributed by atoms with Crippen LogP contribution in [0.5, 0.6) is 0 Å². The van der Waals surface area contributed by atoms with Crippen LogP contribution in [0.15, 0.2) is 10.7 Å². The van der Waals surface area contributed by atoms with Crippen LogP contribution >= 0.6 is 15.9 Å². The normalized spacial score (nSPS) is 15.0.